The lowest BCUT2D eigenvalue weighted by atomic mass is 10.0. The Labute approximate surface area is 105 Å². The van der Waals surface area contributed by atoms with Crippen molar-refractivity contribution in [3.63, 3.8) is 0 Å². The van der Waals surface area contributed by atoms with Crippen molar-refractivity contribution >= 4 is 29.0 Å². The molecule has 1 aliphatic heterocycles. The molecule has 1 aromatic rings. The minimum absolute atomic E-state index is 0.0357. The van der Waals surface area contributed by atoms with Crippen molar-refractivity contribution in [2.75, 3.05) is 11.4 Å². The van der Waals surface area contributed by atoms with Crippen LogP contribution in [-0.2, 0) is 11.2 Å². The van der Waals surface area contributed by atoms with Gasteiger partial charge >= 0.3 is 0 Å². The number of carbonyl (C=O) groups is 2. The molecule has 2 rings (SSSR count). The first-order chi connectivity index (χ1) is 8.00. The Morgan fingerprint density at radius 2 is 2.12 bits per heavy atom. The first-order valence-corrected chi connectivity index (χ1v) is 6.03. The third kappa shape index (κ3) is 2.20. The van der Waals surface area contributed by atoms with Crippen molar-refractivity contribution in [3.05, 3.63) is 29.3 Å². The molecule has 0 bridgehead atoms. The van der Waals surface area contributed by atoms with Crippen LogP contribution in [0.2, 0.25) is 0 Å². The number of nitrogens with zero attached hydrogens (tertiary/aromatic N) is 1. The number of rotatable bonds is 2. The third-order valence-corrected chi connectivity index (χ3v) is 3.20. The molecule has 0 aliphatic carbocycles. The van der Waals surface area contributed by atoms with Crippen LogP contribution in [0.5, 0.6) is 0 Å². The van der Waals surface area contributed by atoms with Gasteiger partial charge in [-0.2, -0.15) is 0 Å². The number of Topliss-reactive ketones (excluding diaryl/α,β-unsaturated/α-hetero) is 1. The molecule has 1 aromatic carbocycles. The fraction of sp³-hybridized carbons (Fsp3) is 0.385. The van der Waals surface area contributed by atoms with Crippen LogP contribution in [0.15, 0.2) is 18.2 Å². The highest BCUT2D eigenvalue weighted by Gasteiger charge is 2.23. The van der Waals surface area contributed by atoms with Gasteiger partial charge in [-0.05, 0) is 37.1 Å². The van der Waals surface area contributed by atoms with Crippen LogP contribution in [0.3, 0.4) is 0 Å². The van der Waals surface area contributed by atoms with Crippen LogP contribution in [0, 0.1) is 0 Å². The summed E-state index contributed by atoms with van der Waals surface area (Å²) in [5.41, 5.74) is 2.58. The molecule has 0 aromatic heterocycles. The molecule has 0 fully saturated rings. The molecule has 4 heteroatoms. The number of halogens is 1. The molecule has 0 saturated carbocycles. The van der Waals surface area contributed by atoms with Crippen LogP contribution in [0.4, 0.5) is 5.69 Å². The van der Waals surface area contributed by atoms with E-state index in [2.05, 4.69) is 0 Å². The Morgan fingerprint density at radius 3 is 2.71 bits per heavy atom. The molecular formula is C13H14ClNO2. The van der Waals surface area contributed by atoms with Crippen LogP contribution in [0.1, 0.15) is 29.8 Å². The van der Waals surface area contributed by atoms with E-state index in [9.17, 15) is 9.59 Å². The number of anilines is 1. The number of hydrogen-bond donors (Lipinski definition) is 0. The highest BCUT2D eigenvalue weighted by molar-refractivity contribution is 6.33. The first kappa shape index (κ1) is 12.1. The fourth-order valence-corrected chi connectivity index (χ4v) is 2.24. The number of fused-ring (bicyclic) bond motifs is 1. The SMILES string of the molecule is CC(=O)N1CCc2cc(C(=O)[C@H](C)Cl)ccc21. The Balaban J connectivity index is 2.35. The Kier molecular flexibility index (Phi) is 3.20. The zero-order chi connectivity index (χ0) is 12.6. The van der Waals surface area contributed by atoms with Crippen molar-refractivity contribution in [3.8, 4) is 0 Å². The molecule has 0 spiro atoms. The van der Waals surface area contributed by atoms with E-state index in [0.717, 1.165) is 17.7 Å². The second-order valence-electron chi connectivity index (χ2n) is 4.24. The summed E-state index contributed by atoms with van der Waals surface area (Å²) in [5, 5.41) is -0.515. The van der Waals surface area contributed by atoms with E-state index in [1.807, 2.05) is 12.1 Å². The van der Waals surface area contributed by atoms with Gasteiger partial charge in [0.05, 0.1) is 5.38 Å². The lowest BCUT2D eigenvalue weighted by molar-refractivity contribution is -0.116. The van der Waals surface area contributed by atoms with Gasteiger partial charge in [0, 0.05) is 24.7 Å². The molecule has 17 heavy (non-hydrogen) atoms. The second kappa shape index (κ2) is 4.49. The molecular weight excluding hydrogens is 238 g/mol. The average molecular weight is 252 g/mol. The van der Waals surface area contributed by atoms with Gasteiger partial charge in [-0.25, -0.2) is 0 Å². The minimum atomic E-state index is -0.515. The molecule has 90 valence electrons. The van der Waals surface area contributed by atoms with Crippen molar-refractivity contribution in [1.29, 1.82) is 0 Å². The summed E-state index contributed by atoms with van der Waals surface area (Å²) >= 11 is 5.78. The summed E-state index contributed by atoms with van der Waals surface area (Å²) in [5.74, 6) is -0.0377. The average Bonchev–Trinajstić information content (AvgIpc) is 2.70. The lowest BCUT2D eigenvalue weighted by Gasteiger charge is -2.14. The maximum Gasteiger partial charge on any atom is 0.223 e. The van der Waals surface area contributed by atoms with Crippen molar-refractivity contribution in [1.82, 2.24) is 0 Å². The highest BCUT2D eigenvalue weighted by atomic mass is 35.5. The molecule has 1 heterocycles. The molecule has 0 N–H and O–H groups in total. The number of amides is 1. The number of hydrogen-bond acceptors (Lipinski definition) is 2. The summed E-state index contributed by atoms with van der Waals surface area (Å²) < 4.78 is 0. The van der Waals surface area contributed by atoms with Crippen LogP contribution in [0.25, 0.3) is 0 Å². The van der Waals surface area contributed by atoms with Gasteiger partial charge in [-0.1, -0.05) is 0 Å². The molecule has 0 radical (unpaired) electrons. The van der Waals surface area contributed by atoms with E-state index in [1.165, 1.54) is 0 Å². The molecule has 1 atom stereocenters. The van der Waals surface area contributed by atoms with Gasteiger partial charge in [0.25, 0.3) is 0 Å². The van der Waals surface area contributed by atoms with Crippen molar-refractivity contribution in [2.45, 2.75) is 25.6 Å². The van der Waals surface area contributed by atoms with E-state index in [4.69, 9.17) is 11.6 Å². The second-order valence-corrected chi connectivity index (χ2v) is 4.90. The minimum Gasteiger partial charge on any atom is -0.312 e. The maximum absolute atomic E-state index is 11.7. The summed E-state index contributed by atoms with van der Waals surface area (Å²) in [7, 11) is 0. The molecule has 0 unspecified atom stereocenters. The molecule has 0 saturated heterocycles. The summed E-state index contributed by atoms with van der Waals surface area (Å²) in [6, 6.07) is 5.41. The van der Waals surface area contributed by atoms with E-state index >= 15 is 0 Å². The maximum atomic E-state index is 11.7. The smallest absolute Gasteiger partial charge is 0.223 e. The van der Waals surface area contributed by atoms with E-state index in [1.54, 1.807) is 24.8 Å². The van der Waals surface area contributed by atoms with Crippen LogP contribution < -0.4 is 4.90 Å². The van der Waals surface area contributed by atoms with Gasteiger partial charge in [-0.15, -0.1) is 11.6 Å². The van der Waals surface area contributed by atoms with E-state index < -0.39 is 5.38 Å². The van der Waals surface area contributed by atoms with Gasteiger partial charge in [0.2, 0.25) is 5.91 Å². The highest BCUT2D eigenvalue weighted by Crippen LogP contribution is 2.29. The molecule has 3 nitrogen and oxygen atoms in total. The Morgan fingerprint density at radius 1 is 1.41 bits per heavy atom. The molecule has 1 amide bonds. The van der Waals surface area contributed by atoms with E-state index in [-0.39, 0.29) is 11.7 Å². The topological polar surface area (TPSA) is 37.4 Å². The van der Waals surface area contributed by atoms with Gasteiger partial charge in [0.1, 0.15) is 0 Å². The number of carbonyl (C=O) groups excluding carboxylic acids is 2. The van der Waals surface area contributed by atoms with E-state index in [0.29, 0.717) is 12.1 Å². The summed E-state index contributed by atoms with van der Waals surface area (Å²) in [6.45, 7) is 3.91. The van der Waals surface area contributed by atoms with Crippen LogP contribution in [-0.4, -0.2) is 23.6 Å². The quantitative estimate of drug-likeness (QED) is 0.598. The van der Waals surface area contributed by atoms with Crippen LogP contribution >= 0.6 is 11.6 Å². The number of benzene rings is 1. The zero-order valence-electron chi connectivity index (χ0n) is 9.87. The molecule has 1 aliphatic rings. The fourth-order valence-electron chi connectivity index (χ4n) is 2.11. The van der Waals surface area contributed by atoms with Gasteiger partial charge in [0.15, 0.2) is 5.78 Å². The summed E-state index contributed by atoms with van der Waals surface area (Å²) in [6.07, 6.45) is 0.798. The number of ketones is 1. The van der Waals surface area contributed by atoms with Gasteiger partial charge < -0.3 is 4.90 Å². The summed E-state index contributed by atoms with van der Waals surface area (Å²) in [4.78, 5) is 24.9. The predicted octanol–water partition coefficient (Wildman–Crippen LogP) is 2.41. The zero-order valence-corrected chi connectivity index (χ0v) is 10.6. The normalized spacial score (nSPS) is 15.6. The third-order valence-electron chi connectivity index (χ3n) is 3.00. The first-order valence-electron chi connectivity index (χ1n) is 5.60. The van der Waals surface area contributed by atoms with Crippen molar-refractivity contribution < 1.29 is 9.59 Å². The number of alkyl halides is 1. The standard InChI is InChI=1S/C13H14ClNO2/c1-8(14)13(17)11-3-4-12-10(7-11)5-6-15(12)9(2)16/h3-4,7-8H,5-6H2,1-2H3/t8-/m0/s1. The lowest BCUT2D eigenvalue weighted by Crippen LogP contribution is -2.25. The predicted molar refractivity (Wildman–Crippen MR) is 67.8 cm³/mol. The monoisotopic (exact) mass is 251 g/mol. The van der Waals surface area contributed by atoms with Gasteiger partial charge in [-0.3, -0.25) is 9.59 Å². The Hall–Kier alpha value is -1.35. The largest absolute Gasteiger partial charge is 0.312 e. The van der Waals surface area contributed by atoms with Crippen molar-refractivity contribution in [2.24, 2.45) is 0 Å². The Bertz CT molecular complexity index is 482.